The van der Waals surface area contributed by atoms with Gasteiger partial charge in [-0.1, -0.05) is 0 Å². The zero-order chi connectivity index (χ0) is 30.4. The van der Waals surface area contributed by atoms with Crippen LogP contribution >= 0.6 is 12.4 Å². The average Bonchev–Trinajstić information content (AvgIpc) is 2.93. The van der Waals surface area contributed by atoms with Crippen molar-refractivity contribution in [3.05, 3.63) is 65.6 Å². The largest absolute Gasteiger partial charge is 0.490 e. The maximum absolute atomic E-state index is 14.2. The molecule has 236 valence electrons. The maximum Gasteiger partial charge on any atom is 0.406 e. The highest BCUT2D eigenvalue weighted by molar-refractivity contribution is 5.97. The highest BCUT2D eigenvalue weighted by Crippen LogP contribution is 2.52. The summed E-state index contributed by atoms with van der Waals surface area (Å²) in [6.45, 7) is 4.53. The Labute approximate surface area is 258 Å². The van der Waals surface area contributed by atoms with Crippen molar-refractivity contribution < 1.29 is 31.8 Å². The molecule has 0 unspecified atom stereocenters. The average molecular weight is 637 g/mol. The number of nitrogens with zero attached hydrogens (tertiary/aromatic N) is 5. The van der Waals surface area contributed by atoms with E-state index in [1.807, 2.05) is 11.0 Å². The summed E-state index contributed by atoms with van der Waals surface area (Å²) in [7, 11) is 0. The van der Waals surface area contributed by atoms with Gasteiger partial charge in [0.1, 0.15) is 36.3 Å². The normalized spacial score (nSPS) is 17.3. The van der Waals surface area contributed by atoms with E-state index < -0.39 is 30.5 Å². The summed E-state index contributed by atoms with van der Waals surface area (Å²) in [4.78, 5) is 28.8. The molecule has 1 N–H and O–H groups in total. The van der Waals surface area contributed by atoms with Crippen LogP contribution in [0.2, 0.25) is 0 Å². The van der Waals surface area contributed by atoms with Crippen LogP contribution in [0.15, 0.2) is 43.0 Å². The van der Waals surface area contributed by atoms with E-state index >= 15 is 0 Å². The molecular formula is C30H33ClF4N6O3. The molecule has 44 heavy (non-hydrogen) atoms. The number of rotatable bonds is 8. The first kappa shape index (κ1) is 31.7. The van der Waals surface area contributed by atoms with E-state index in [9.17, 15) is 22.4 Å². The number of hydrogen-bond donors (Lipinski definition) is 1. The predicted molar refractivity (Wildman–Crippen MR) is 156 cm³/mol. The number of pyridine rings is 1. The molecule has 2 aliphatic heterocycles. The smallest absolute Gasteiger partial charge is 0.406 e. The summed E-state index contributed by atoms with van der Waals surface area (Å²) in [5, 5.41) is 3.37. The van der Waals surface area contributed by atoms with Gasteiger partial charge in [0.05, 0.1) is 11.8 Å². The lowest BCUT2D eigenvalue weighted by Crippen LogP contribution is -2.65. The summed E-state index contributed by atoms with van der Waals surface area (Å²) < 4.78 is 66.2. The van der Waals surface area contributed by atoms with Crippen molar-refractivity contribution in [2.24, 2.45) is 5.41 Å². The number of ether oxygens (including phenoxy) is 2. The zero-order valence-corrected chi connectivity index (χ0v) is 25.1. The van der Waals surface area contributed by atoms with E-state index in [0.29, 0.717) is 23.8 Å². The molecule has 1 saturated heterocycles. The van der Waals surface area contributed by atoms with Crippen molar-refractivity contribution in [3.8, 4) is 17.2 Å². The lowest BCUT2D eigenvalue weighted by Gasteiger charge is -2.59. The van der Waals surface area contributed by atoms with Gasteiger partial charge >= 0.3 is 6.18 Å². The third-order valence-electron chi connectivity index (χ3n) is 8.19. The van der Waals surface area contributed by atoms with Gasteiger partial charge in [0.2, 0.25) is 0 Å². The van der Waals surface area contributed by atoms with Gasteiger partial charge in [-0.25, -0.2) is 14.4 Å². The molecule has 4 heterocycles. The number of benzene rings is 1. The fourth-order valence-electron chi connectivity index (χ4n) is 6.12. The minimum atomic E-state index is -4.62. The summed E-state index contributed by atoms with van der Waals surface area (Å²) >= 11 is 0. The SMILES string of the molecule is CC(C)N(CC(F)(F)F)C(=O)c1cc(F)ccc1Oc1cncnc1N1CC2(CC(Oc3ccnc4c3CNCC4)C2)C1.Cl. The van der Waals surface area contributed by atoms with Gasteiger partial charge < -0.3 is 24.6 Å². The Morgan fingerprint density at radius 1 is 1.16 bits per heavy atom. The quantitative estimate of drug-likeness (QED) is 0.332. The standard InChI is InChI=1S/C30H32F4N6O3.ClH/c1-18(2)40(16-30(32,33)34)28(41)21-9-19(31)3-4-24(21)43-26-13-36-17-38-27(26)39-14-29(15-39)10-20(11-29)42-25-6-8-37-23-5-7-35-12-22(23)25;/h3-4,6,8-9,13,17-18,20,35H,5,7,10-12,14-16H2,1-2H3;1H. The maximum atomic E-state index is 14.2. The minimum Gasteiger partial charge on any atom is -0.490 e. The third kappa shape index (κ3) is 6.53. The highest BCUT2D eigenvalue weighted by atomic mass is 35.5. The second-order valence-corrected chi connectivity index (χ2v) is 11.8. The first-order chi connectivity index (χ1) is 20.5. The first-order valence-electron chi connectivity index (χ1n) is 14.2. The van der Waals surface area contributed by atoms with Crippen LogP contribution in [0.3, 0.4) is 0 Å². The molecule has 3 aliphatic rings. The molecule has 14 heteroatoms. The van der Waals surface area contributed by atoms with Crippen molar-refractivity contribution >= 4 is 24.1 Å². The summed E-state index contributed by atoms with van der Waals surface area (Å²) in [5.74, 6) is -0.264. The number of alkyl halides is 3. The molecule has 3 aromatic rings. The molecule has 6 rings (SSSR count). The van der Waals surface area contributed by atoms with E-state index in [4.69, 9.17) is 9.47 Å². The lowest BCUT2D eigenvalue weighted by atomic mass is 9.61. The predicted octanol–water partition coefficient (Wildman–Crippen LogP) is 5.33. The molecule has 2 aromatic heterocycles. The number of amides is 1. The molecule has 2 fully saturated rings. The second kappa shape index (κ2) is 12.4. The zero-order valence-electron chi connectivity index (χ0n) is 24.2. The second-order valence-electron chi connectivity index (χ2n) is 11.8. The minimum absolute atomic E-state index is 0. The van der Waals surface area contributed by atoms with Crippen LogP contribution in [-0.2, 0) is 13.0 Å². The number of anilines is 1. The molecule has 1 aliphatic carbocycles. The molecule has 0 atom stereocenters. The molecule has 1 amide bonds. The van der Waals surface area contributed by atoms with Crippen LogP contribution in [0.1, 0.15) is 48.3 Å². The molecule has 1 saturated carbocycles. The van der Waals surface area contributed by atoms with Crippen LogP contribution in [0.4, 0.5) is 23.4 Å². The molecule has 9 nitrogen and oxygen atoms in total. The van der Waals surface area contributed by atoms with E-state index in [1.165, 1.54) is 32.4 Å². The Morgan fingerprint density at radius 2 is 1.93 bits per heavy atom. The number of aromatic nitrogens is 3. The number of nitrogens with one attached hydrogen (secondary N) is 1. The fourth-order valence-corrected chi connectivity index (χ4v) is 6.12. The van der Waals surface area contributed by atoms with Gasteiger partial charge in [0, 0.05) is 61.5 Å². The number of fused-ring (bicyclic) bond motifs is 1. The van der Waals surface area contributed by atoms with E-state index in [1.54, 1.807) is 6.20 Å². The number of carbonyl (C=O) groups is 1. The lowest BCUT2D eigenvalue weighted by molar-refractivity contribution is -0.143. The topological polar surface area (TPSA) is 92.7 Å². The van der Waals surface area contributed by atoms with Crippen LogP contribution in [0, 0.1) is 11.2 Å². The molecule has 0 radical (unpaired) electrons. The Kier molecular flexibility index (Phi) is 8.90. The molecule has 1 aromatic carbocycles. The Hall–Kier alpha value is -3.71. The fraction of sp³-hybridized carbons (Fsp3) is 0.467. The Bertz CT molecular complexity index is 1510. The number of halogens is 5. The van der Waals surface area contributed by atoms with E-state index in [-0.39, 0.29) is 41.0 Å². The third-order valence-corrected chi connectivity index (χ3v) is 8.19. The van der Waals surface area contributed by atoms with Crippen LogP contribution in [0.25, 0.3) is 0 Å². The highest BCUT2D eigenvalue weighted by Gasteiger charge is 2.54. The Balaban J connectivity index is 0.00000384. The van der Waals surface area contributed by atoms with Crippen LogP contribution in [0.5, 0.6) is 17.2 Å². The summed E-state index contributed by atoms with van der Waals surface area (Å²) in [6, 6.07) is 4.34. The monoisotopic (exact) mass is 636 g/mol. The van der Waals surface area contributed by atoms with Crippen molar-refractivity contribution in [2.45, 2.75) is 58.0 Å². The molecule has 0 bridgehead atoms. The van der Waals surface area contributed by atoms with Gasteiger partial charge in [0.15, 0.2) is 11.6 Å². The number of hydrogen-bond acceptors (Lipinski definition) is 8. The van der Waals surface area contributed by atoms with Crippen LogP contribution < -0.4 is 19.7 Å². The van der Waals surface area contributed by atoms with Crippen molar-refractivity contribution in [1.82, 2.24) is 25.2 Å². The van der Waals surface area contributed by atoms with Gasteiger partial charge in [-0.15, -0.1) is 12.4 Å². The Morgan fingerprint density at radius 3 is 2.66 bits per heavy atom. The van der Waals surface area contributed by atoms with Crippen molar-refractivity contribution in [2.75, 3.05) is 31.1 Å². The van der Waals surface area contributed by atoms with Gasteiger partial charge in [-0.2, -0.15) is 13.2 Å². The van der Waals surface area contributed by atoms with Gasteiger partial charge in [-0.3, -0.25) is 9.78 Å². The van der Waals surface area contributed by atoms with Crippen molar-refractivity contribution in [3.63, 3.8) is 0 Å². The van der Waals surface area contributed by atoms with Crippen LogP contribution in [-0.4, -0.2) is 70.3 Å². The number of carbonyl (C=O) groups excluding carboxylic acids is 1. The first-order valence-corrected chi connectivity index (χ1v) is 14.2. The summed E-state index contributed by atoms with van der Waals surface area (Å²) in [6.07, 6.45) is 2.73. The molecular weight excluding hydrogens is 604 g/mol. The van der Waals surface area contributed by atoms with Crippen molar-refractivity contribution in [1.29, 1.82) is 0 Å². The van der Waals surface area contributed by atoms with E-state index in [2.05, 4.69) is 20.3 Å². The summed E-state index contributed by atoms with van der Waals surface area (Å²) in [5.41, 5.74) is 1.96. The van der Waals surface area contributed by atoms with Gasteiger partial charge in [-0.05, 0) is 51.0 Å². The van der Waals surface area contributed by atoms with Gasteiger partial charge in [0.25, 0.3) is 5.91 Å². The van der Waals surface area contributed by atoms with E-state index in [0.717, 1.165) is 61.5 Å². The molecule has 1 spiro atoms.